The van der Waals surface area contributed by atoms with E-state index in [2.05, 4.69) is 15.9 Å². The molecule has 1 aliphatic heterocycles. The van der Waals surface area contributed by atoms with Gasteiger partial charge in [0, 0.05) is 29.2 Å². The number of anilines is 1. The van der Waals surface area contributed by atoms with Crippen LogP contribution in [0.1, 0.15) is 34.2 Å². The minimum absolute atomic E-state index is 0.0105. The third kappa shape index (κ3) is 2.31. The van der Waals surface area contributed by atoms with Crippen LogP contribution < -0.4 is 4.90 Å². The highest BCUT2D eigenvalue weighted by atomic mass is 79.9. The summed E-state index contributed by atoms with van der Waals surface area (Å²) in [5, 5.41) is 0. The zero-order valence-corrected chi connectivity index (χ0v) is 13.4. The van der Waals surface area contributed by atoms with Crippen molar-refractivity contribution < 1.29 is 14.0 Å². The molecule has 21 heavy (non-hydrogen) atoms. The summed E-state index contributed by atoms with van der Waals surface area (Å²) < 4.78 is 6.01. The molecule has 0 bridgehead atoms. The summed E-state index contributed by atoms with van der Waals surface area (Å²) >= 11 is 3.45. The van der Waals surface area contributed by atoms with E-state index in [-0.39, 0.29) is 11.7 Å². The lowest BCUT2D eigenvalue weighted by atomic mass is 10.0. The van der Waals surface area contributed by atoms with Gasteiger partial charge in [0.05, 0.1) is 6.26 Å². The number of halogens is 1. The maximum atomic E-state index is 12.6. The Morgan fingerprint density at radius 2 is 2.10 bits per heavy atom. The quantitative estimate of drug-likeness (QED) is 0.781. The first-order chi connectivity index (χ1) is 9.99. The van der Waals surface area contributed by atoms with Gasteiger partial charge in [0.2, 0.25) is 11.7 Å². The summed E-state index contributed by atoms with van der Waals surface area (Å²) in [6, 6.07) is 5.46. The van der Waals surface area contributed by atoms with Crippen LogP contribution in [0.4, 0.5) is 5.69 Å². The lowest BCUT2D eigenvalue weighted by Crippen LogP contribution is -2.25. The Morgan fingerprint density at radius 3 is 2.71 bits per heavy atom. The molecule has 0 aliphatic carbocycles. The Labute approximate surface area is 130 Å². The van der Waals surface area contributed by atoms with Gasteiger partial charge in [0.15, 0.2) is 5.76 Å². The van der Waals surface area contributed by atoms with Crippen LogP contribution in [0.2, 0.25) is 0 Å². The lowest BCUT2D eigenvalue weighted by Gasteiger charge is -2.16. The highest BCUT2D eigenvalue weighted by molar-refractivity contribution is 9.10. The number of hydrogen-bond acceptors (Lipinski definition) is 3. The fraction of sp³-hybridized carbons (Fsp3) is 0.250. The van der Waals surface area contributed by atoms with Gasteiger partial charge in [-0.25, -0.2) is 0 Å². The van der Waals surface area contributed by atoms with Crippen molar-refractivity contribution in [1.82, 2.24) is 0 Å². The number of fused-ring (bicyclic) bond motifs is 1. The number of benzene rings is 1. The van der Waals surface area contributed by atoms with Gasteiger partial charge in [-0.2, -0.15) is 0 Å². The van der Waals surface area contributed by atoms with Gasteiger partial charge >= 0.3 is 0 Å². The van der Waals surface area contributed by atoms with Crippen molar-refractivity contribution in [3.05, 3.63) is 51.4 Å². The SMILES string of the molecule is CC(=O)N1CCc2cc(Br)c(C(=O)c3occc3C)cc21. The second-order valence-corrected chi connectivity index (χ2v) is 6.00. The topological polar surface area (TPSA) is 50.5 Å². The predicted octanol–water partition coefficient (Wildman–Crippen LogP) is 3.49. The summed E-state index contributed by atoms with van der Waals surface area (Å²) in [5.41, 5.74) is 3.21. The first-order valence-corrected chi connectivity index (χ1v) is 7.47. The normalized spacial score (nSPS) is 13.4. The van der Waals surface area contributed by atoms with Crippen LogP contribution in [0, 0.1) is 6.92 Å². The molecule has 5 heteroatoms. The molecule has 0 saturated heterocycles. The van der Waals surface area contributed by atoms with Crippen LogP contribution in [-0.4, -0.2) is 18.2 Å². The summed E-state index contributed by atoms with van der Waals surface area (Å²) in [7, 11) is 0. The Balaban J connectivity index is 2.09. The van der Waals surface area contributed by atoms with E-state index in [0.29, 0.717) is 17.9 Å². The average molecular weight is 348 g/mol. The molecule has 2 heterocycles. The highest BCUT2D eigenvalue weighted by Crippen LogP contribution is 2.34. The second-order valence-electron chi connectivity index (χ2n) is 5.14. The minimum Gasteiger partial charge on any atom is -0.461 e. The van der Waals surface area contributed by atoms with Crippen LogP contribution in [0.15, 0.2) is 33.4 Å². The fourth-order valence-corrected chi connectivity index (χ4v) is 3.21. The van der Waals surface area contributed by atoms with E-state index < -0.39 is 0 Å². The Kier molecular flexibility index (Phi) is 3.45. The van der Waals surface area contributed by atoms with E-state index in [4.69, 9.17) is 4.42 Å². The number of hydrogen-bond donors (Lipinski definition) is 0. The number of rotatable bonds is 2. The summed E-state index contributed by atoms with van der Waals surface area (Å²) in [4.78, 5) is 26.0. The third-order valence-corrected chi connectivity index (χ3v) is 4.41. The molecule has 0 N–H and O–H groups in total. The van der Waals surface area contributed by atoms with E-state index in [1.54, 1.807) is 17.0 Å². The van der Waals surface area contributed by atoms with Crippen molar-refractivity contribution in [1.29, 1.82) is 0 Å². The van der Waals surface area contributed by atoms with Gasteiger partial charge in [0.1, 0.15) is 0 Å². The summed E-state index contributed by atoms with van der Waals surface area (Å²) in [6.07, 6.45) is 2.31. The van der Waals surface area contributed by atoms with Crippen molar-refractivity contribution in [2.45, 2.75) is 20.3 Å². The number of furan rings is 1. The zero-order chi connectivity index (χ0) is 15.1. The highest BCUT2D eigenvalue weighted by Gasteiger charge is 2.26. The first kappa shape index (κ1) is 14.1. The van der Waals surface area contributed by atoms with Crippen molar-refractivity contribution in [3.8, 4) is 0 Å². The average Bonchev–Trinajstić information content (AvgIpc) is 3.02. The molecule has 1 aliphatic rings. The number of nitrogens with zero attached hydrogens (tertiary/aromatic N) is 1. The molecule has 0 fully saturated rings. The smallest absolute Gasteiger partial charge is 0.229 e. The number of carbonyl (C=O) groups excluding carboxylic acids is 2. The van der Waals surface area contributed by atoms with Crippen molar-refractivity contribution in [2.75, 3.05) is 11.4 Å². The van der Waals surface area contributed by atoms with Gasteiger partial charge in [-0.05, 0) is 42.7 Å². The number of carbonyl (C=O) groups is 2. The molecule has 2 aromatic rings. The molecule has 0 atom stereocenters. The predicted molar refractivity (Wildman–Crippen MR) is 82.8 cm³/mol. The van der Waals surface area contributed by atoms with Crippen LogP contribution in [0.25, 0.3) is 0 Å². The molecule has 4 nitrogen and oxygen atoms in total. The molecule has 0 spiro atoms. The molecular formula is C16H14BrNO3. The summed E-state index contributed by atoms with van der Waals surface area (Å²) in [6.45, 7) is 4.03. The van der Waals surface area contributed by atoms with Crippen LogP contribution in [-0.2, 0) is 11.2 Å². The van der Waals surface area contributed by atoms with E-state index in [9.17, 15) is 9.59 Å². The molecule has 0 saturated carbocycles. The van der Waals surface area contributed by atoms with E-state index >= 15 is 0 Å². The Morgan fingerprint density at radius 1 is 1.33 bits per heavy atom. The second kappa shape index (κ2) is 5.15. The number of ketones is 1. The van der Waals surface area contributed by atoms with Crippen LogP contribution in [0.5, 0.6) is 0 Å². The molecule has 108 valence electrons. The maximum Gasteiger partial charge on any atom is 0.229 e. The van der Waals surface area contributed by atoms with Gasteiger partial charge in [-0.3, -0.25) is 9.59 Å². The molecular weight excluding hydrogens is 334 g/mol. The van der Waals surface area contributed by atoms with Gasteiger partial charge in [0.25, 0.3) is 0 Å². The van der Waals surface area contributed by atoms with Gasteiger partial charge in [-0.15, -0.1) is 0 Å². The molecule has 0 unspecified atom stereocenters. The monoisotopic (exact) mass is 347 g/mol. The fourth-order valence-electron chi connectivity index (χ4n) is 2.64. The minimum atomic E-state index is -0.178. The largest absolute Gasteiger partial charge is 0.461 e. The molecule has 1 aromatic heterocycles. The third-order valence-electron chi connectivity index (χ3n) is 3.76. The number of amides is 1. The van der Waals surface area contributed by atoms with E-state index in [0.717, 1.165) is 27.7 Å². The molecule has 1 amide bonds. The van der Waals surface area contributed by atoms with Gasteiger partial charge in [-0.1, -0.05) is 15.9 Å². The Bertz CT molecular complexity index is 748. The van der Waals surface area contributed by atoms with Crippen molar-refractivity contribution >= 4 is 33.3 Å². The van der Waals surface area contributed by atoms with Gasteiger partial charge < -0.3 is 9.32 Å². The van der Waals surface area contributed by atoms with E-state index in [1.807, 2.05) is 13.0 Å². The van der Waals surface area contributed by atoms with Crippen LogP contribution in [0.3, 0.4) is 0 Å². The maximum absolute atomic E-state index is 12.6. The first-order valence-electron chi connectivity index (χ1n) is 6.68. The molecule has 0 radical (unpaired) electrons. The van der Waals surface area contributed by atoms with Crippen molar-refractivity contribution in [2.24, 2.45) is 0 Å². The lowest BCUT2D eigenvalue weighted by molar-refractivity contribution is -0.116. The molecule has 3 rings (SSSR count). The van der Waals surface area contributed by atoms with Crippen molar-refractivity contribution in [3.63, 3.8) is 0 Å². The van der Waals surface area contributed by atoms with E-state index in [1.165, 1.54) is 13.2 Å². The number of aryl methyl sites for hydroxylation is 1. The zero-order valence-electron chi connectivity index (χ0n) is 11.8. The molecule has 1 aromatic carbocycles. The standard InChI is InChI=1S/C16H14BrNO3/c1-9-4-6-21-16(9)15(20)12-8-14-11(7-13(12)17)3-5-18(14)10(2)19/h4,6-8H,3,5H2,1-2H3. The Hall–Kier alpha value is -1.88. The van der Waals surface area contributed by atoms with Crippen LogP contribution >= 0.6 is 15.9 Å². The summed E-state index contributed by atoms with van der Waals surface area (Å²) in [5.74, 6) is 0.147.